The van der Waals surface area contributed by atoms with E-state index in [0.29, 0.717) is 18.7 Å². The second kappa shape index (κ2) is 11.0. The molecule has 3 aromatic carbocycles. The number of alkyl halides is 3. The van der Waals surface area contributed by atoms with Crippen LogP contribution < -0.4 is 5.32 Å². The van der Waals surface area contributed by atoms with E-state index < -0.39 is 16.0 Å². The van der Waals surface area contributed by atoms with Crippen LogP contribution in [0.1, 0.15) is 35.5 Å². The molecular formula is C27H24Cl3N3O4. The summed E-state index contributed by atoms with van der Waals surface area (Å²) in [6.45, 7) is 0.581. The second-order valence-corrected chi connectivity index (χ2v) is 11.1. The summed E-state index contributed by atoms with van der Waals surface area (Å²) in [5.74, 6) is -0.741. The third-order valence-corrected chi connectivity index (χ3v) is 6.76. The Balaban J connectivity index is 1.39. The molecule has 37 heavy (non-hydrogen) atoms. The molecule has 0 bridgehead atoms. The lowest BCUT2D eigenvalue weighted by molar-refractivity contribution is -0.252. The Hall–Kier alpha value is -2.65. The summed E-state index contributed by atoms with van der Waals surface area (Å²) in [4.78, 5) is 16.5. The Bertz CT molecular complexity index is 1370. The predicted molar refractivity (Wildman–Crippen MR) is 144 cm³/mol. The molecule has 0 unspecified atom stereocenters. The number of fused-ring (bicyclic) bond motifs is 1. The number of hydrogen-bond acceptors (Lipinski definition) is 5. The van der Waals surface area contributed by atoms with Gasteiger partial charge in [0.05, 0.1) is 42.7 Å². The number of aromatic nitrogens is 2. The molecule has 1 saturated heterocycles. The molecule has 3 atom stereocenters. The minimum Gasteiger partial charge on any atom is -0.392 e. The summed E-state index contributed by atoms with van der Waals surface area (Å²) in [5, 5.41) is 12.0. The van der Waals surface area contributed by atoms with E-state index in [1.54, 1.807) is 24.3 Å². The van der Waals surface area contributed by atoms with Gasteiger partial charge in [0, 0.05) is 17.7 Å². The molecule has 192 valence electrons. The zero-order valence-electron chi connectivity index (χ0n) is 19.6. The standard InChI is InChI=1S/C27H24Cl3N3O4/c28-27(29,30)26(35)32-20-11-9-19(10-12-20)25-36-21(14-33-16-31-22-3-1-2-4-23(22)33)13-24(37-25)18-7-5-17(15-34)6-8-18/h1-12,16,21,24-25,34H,13-15H2,(H,32,35)/t21-,24+,25+/m0/s1. The quantitative estimate of drug-likeness (QED) is 0.279. The van der Waals surface area contributed by atoms with Crippen LogP contribution in [0.5, 0.6) is 0 Å². The average molecular weight is 561 g/mol. The highest BCUT2D eigenvalue weighted by Gasteiger charge is 2.33. The van der Waals surface area contributed by atoms with Crippen molar-refractivity contribution in [2.45, 2.75) is 41.9 Å². The molecule has 5 rings (SSSR count). The van der Waals surface area contributed by atoms with Crippen molar-refractivity contribution in [3.8, 4) is 0 Å². The zero-order chi connectivity index (χ0) is 26.0. The summed E-state index contributed by atoms with van der Waals surface area (Å²) < 4.78 is 12.8. The molecule has 4 aromatic rings. The first-order valence-corrected chi connectivity index (χ1v) is 12.8. The maximum Gasteiger partial charge on any atom is 0.276 e. The number of para-hydroxylation sites is 2. The van der Waals surface area contributed by atoms with Gasteiger partial charge in [-0.2, -0.15) is 0 Å². The number of nitrogens with zero attached hydrogens (tertiary/aromatic N) is 2. The van der Waals surface area contributed by atoms with Crippen LogP contribution in [0.2, 0.25) is 0 Å². The lowest BCUT2D eigenvalue weighted by Gasteiger charge is -2.36. The smallest absolute Gasteiger partial charge is 0.276 e. The first-order chi connectivity index (χ1) is 17.8. The second-order valence-electron chi connectivity index (χ2n) is 8.81. The molecule has 1 amide bonds. The third kappa shape index (κ3) is 6.09. The van der Waals surface area contributed by atoms with E-state index in [9.17, 15) is 9.90 Å². The van der Waals surface area contributed by atoms with E-state index >= 15 is 0 Å². The fourth-order valence-corrected chi connectivity index (χ4v) is 4.48. The summed E-state index contributed by atoms with van der Waals surface area (Å²) >= 11 is 16.9. The average Bonchev–Trinajstić information content (AvgIpc) is 3.31. The van der Waals surface area contributed by atoms with E-state index in [1.165, 1.54) is 0 Å². The normalized spacial score (nSPS) is 20.2. The topological polar surface area (TPSA) is 85.6 Å². The number of aliphatic hydroxyl groups is 1. The number of aliphatic hydroxyl groups excluding tert-OH is 1. The van der Waals surface area contributed by atoms with Crippen molar-refractivity contribution in [3.63, 3.8) is 0 Å². The Morgan fingerprint density at radius 2 is 1.70 bits per heavy atom. The number of ether oxygens (including phenoxy) is 2. The molecule has 0 aliphatic carbocycles. The molecule has 0 saturated carbocycles. The van der Waals surface area contributed by atoms with E-state index in [2.05, 4.69) is 14.9 Å². The van der Waals surface area contributed by atoms with Crippen molar-refractivity contribution >= 4 is 57.4 Å². The van der Waals surface area contributed by atoms with Crippen molar-refractivity contribution in [1.29, 1.82) is 0 Å². The lowest BCUT2D eigenvalue weighted by Crippen LogP contribution is -2.32. The van der Waals surface area contributed by atoms with Crippen LogP contribution in [0.4, 0.5) is 5.69 Å². The van der Waals surface area contributed by atoms with Crippen molar-refractivity contribution in [2.24, 2.45) is 0 Å². The minimum atomic E-state index is -2.06. The molecule has 1 aromatic heterocycles. The molecule has 1 fully saturated rings. The first-order valence-electron chi connectivity index (χ1n) is 11.7. The van der Waals surface area contributed by atoms with Crippen LogP contribution in [0.15, 0.2) is 79.1 Å². The third-order valence-electron chi connectivity index (χ3n) is 6.24. The Labute approximate surface area is 228 Å². The summed E-state index contributed by atoms with van der Waals surface area (Å²) in [6.07, 6.45) is 1.43. The Morgan fingerprint density at radius 1 is 1.00 bits per heavy atom. The number of carbonyl (C=O) groups is 1. The monoisotopic (exact) mass is 559 g/mol. The van der Waals surface area contributed by atoms with Crippen LogP contribution in [-0.2, 0) is 27.4 Å². The van der Waals surface area contributed by atoms with Gasteiger partial charge >= 0.3 is 0 Å². The van der Waals surface area contributed by atoms with Gasteiger partial charge in [0.25, 0.3) is 9.70 Å². The van der Waals surface area contributed by atoms with Crippen LogP contribution >= 0.6 is 34.8 Å². The molecule has 2 N–H and O–H groups in total. The fraction of sp³-hybridized carbons (Fsp3) is 0.259. The molecule has 0 radical (unpaired) electrons. The van der Waals surface area contributed by atoms with Crippen molar-refractivity contribution < 1.29 is 19.4 Å². The maximum absolute atomic E-state index is 12.0. The number of halogens is 3. The van der Waals surface area contributed by atoms with Crippen molar-refractivity contribution in [2.75, 3.05) is 5.32 Å². The minimum absolute atomic E-state index is 0.0188. The predicted octanol–water partition coefficient (Wildman–Crippen LogP) is 6.08. The van der Waals surface area contributed by atoms with Crippen LogP contribution in [0.25, 0.3) is 11.0 Å². The largest absolute Gasteiger partial charge is 0.392 e. The molecule has 1 aliphatic heterocycles. The zero-order valence-corrected chi connectivity index (χ0v) is 21.8. The van der Waals surface area contributed by atoms with Gasteiger partial charge < -0.3 is 24.5 Å². The summed E-state index contributed by atoms with van der Waals surface area (Å²) in [7, 11) is 0. The molecule has 2 heterocycles. The van der Waals surface area contributed by atoms with Gasteiger partial charge in [-0.1, -0.05) is 83.3 Å². The molecule has 1 aliphatic rings. The maximum atomic E-state index is 12.0. The van der Waals surface area contributed by atoms with Crippen molar-refractivity contribution in [3.05, 3.63) is 95.8 Å². The summed E-state index contributed by atoms with van der Waals surface area (Å²) in [5.41, 5.74) is 5.05. The van der Waals surface area contributed by atoms with Gasteiger partial charge in [-0.15, -0.1) is 0 Å². The Kier molecular flexibility index (Phi) is 7.72. The highest BCUT2D eigenvalue weighted by atomic mass is 35.6. The van der Waals surface area contributed by atoms with E-state index in [1.807, 2.05) is 54.9 Å². The molecule has 10 heteroatoms. The SMILES string of the molecule is O=C(Nc1ccc([C@@H]2O[C@H](Cn3cnc4ccccc43)C[C@H](c3ccc(CO)cc3)O2)cc1)C(Cl)(Cl)Cl. The van der Waals surface area contributed by atoms with Gasteiger partial charge in [-0.05, 0) is 35.4 Å². The van der Waals surface area contributed by atoms with Gasteiger partial charge in [-0.25, -0.2) is 4.98 Å². The van der Waals surface area contributed by atoms with E-state index in [4.69, 9.17) is 44.3 Å². The molecular weight excluding hydrogens is 537 g/mol. The van der Waals surface area contributed by atoms with Gasteiger partial charge in [0.2, 0.25) is 0 Å². The number of nitrogens with one attached hydrogen (secondary N) is 1. The van der Waals surface area contributed by atoms with Crippen LogP contribution in [0.3, 0.4) is 0 Å². The number of benzene rings is 3. The number of rotatable bonds is 6. The van der Waals surface area contributed by atoms with E-state index in [0.717, 1.165) is 27.7 Å². The van der Waals surface area contributed by atoms with Crippen LogP contribution in [-0.4, -0.2) is 30.5 Å². The highest BCUT2D eigenvalue weighted by Crippen LogP contribution is 2.39. The number of imidazole rings is 1. The number of hydrogen-bond donors (Lipinski definition) is 2. The lowest BCUT2D eigenvalue weighted by atomic mass is 10.00. The van der Waals surface area contributed by atoms with Crippen molar-refractivity contribution in [1.82, 2.24) is 9.55 Å². The Morgan fingerprint density at radius 3 is 2.41 bits per heavy atom. The highest BCUT2D eigenvalue weighted by molar-refractivity contribution is 6.76. The summed E-state index contributed by atoms with van der Waals surface area (Å²) in [6, 6.07) is 22.7. The number of amides is 1. The molecule has 7 nitrogen and oxygen atoms in total. The fourth-order valence-electron chi connectivity index (χ4n) is 4.33. The number of carbonyl (C=O) groups excluding carboxylic acids is 1. The molecule has 0 spiro atoms. The van der Waals surface area contributed by atoms with Gasteiger partial charge in [-0.3, -0.25) is 4.79 Å². The first kappa shape index (κ1) is 26.0. The van der Waals surface area contributed by atoms with E-state index in [-0.39, 0.29) is 18.8 Å². The van der Waals surface area contributed by atoms with Gasteiger partial charge in [0.1, 0.15) is 0 Å². The van der Waals surface area contributed by atoms with Gasteiger partial charge in [0.15, 0.2) is 6.29 Å². The number of anilines is 1. The van der Waals surface area contributed by atoms with Crippen LogP contribution in [0, 0.1) is 0 Å².